The maximum absolute atomic E-state index is 13.5. The van der Waals surface area contributed by atoms with E-state index in [1.807, 2.05) is 0 Å². The summed E-state index contributed by atoms with van der Waals surface area (Å²) in [5.41, 5.74) is 7.54. The molecule has 16 heavy (non-hydrogen) atoms. The average Bonchev–Trinajstić information content (AvgIpc) is 2.58. The highest BCUT2D eigenvalue weighted by molar-refractivity contribution is 5.90. The minimum atomic E-state index is -0.643. The number of hydrogen-bond acceptors (Lipinski definition) is 3. The fourth-order valence-electron chi connectivity index (χ4n) is 1.93. The molecule has 0 spiro atoms. The van der Waals surface area contributed by atoms with Crippen LogP contribution >= 0.6 is 12.4 Å². The highest BCUT2D eigenvalue weighted by Gasteiger charge is 2.23. The lowest BCUT2D eigenvalue weighted by molar-refractivity contribution is 0.0595. The Balaban J connectivity index is 0.00000128. The van der Waals surface area contributed by atoms with Gasteiger partial charge in [-0.2, -0.15) is 0 Å². The molecule has 1 aliphatic carbocycles. The molecule has 1 aromatic carbocycles. The van der Waals surface area contributed by atoms with Crippen molar-refractivity contribution in [3.05, 3.63) is 34.6 Å². The second kappa shape index (κ2) is 4.80. The molecule has 5 heteroatoms. The summed E-state index contributed by atoms with van der Waals surface area (Å²) in [6.07, 6.45) is 1.60. The van der Waals surface area contributed by atoms with E-state index >= 15 is 0 Å². The van der Waals surface area contributed by atoms with Crippen molar-refractivity contribution in [2.24, 2.45) is 5.73 Å². The number of carbonyl (C=O) groups excluding carboxylic acids is 1. The Bertz CT molecular complexity index is 423. The van der Waals surface area contributed by atoms with E-state index in [9.17, 15) is 9.18 Å². The van der Waals surface area contributed by atoms with Crippen molar-refractivity contribution in [2.45, 2.75) is 18.9 Å². The van der Waals surface area contributed by atoms with E-state index in [1.54, 1.807) is 6.07 Å². The van der Waals surface area contributed by atoms with Gasteiger partial charge in [-0.15, -0.1) is 12.4 Å². The minimum Gasteiger partial charge on any atom is -0.465 e. The number of nitrogens with two attached hydrogens (primary N) is 1. The zero-order chi connectivity index (χ0) is 11.0. The molecule has 1 aromatic rings. The molecule has 2 rings (SSSR count). The third-order valence-corrected chi connectivity index (χ3v) is 2.76. The summed E-state index contributed by atoms with van der Waals surface area (Å²) in [4.78, 5) is 11.2. The van der Waals surface area contributed by atoms with Gasteiger partial charge in [-0.05, 0) is 36.1 Å². The second-order valence-corrected chi connectivity index (χ2v) is 3.67. The smallest absolute Gasteiger partial charge is 0.340 e. The monoisotopic (exact) mass is 245 g/mol. The van der Waals surface area contributed by atoms with Crippen molar-refractivity contribution >= 4 is 18.4 Å². The topological polar surface area (TPSA) is 52.3 Å². The van der Waals surface area contributed by atoms with Crippen molar-refractivity contribution in [3.8, 4) is 0 Å². The first kappa shape index (κ1) is 12.9. The first-order valence-corrected chi connectivity index (χ1v) is 4.79. The standard InChI is InChI=1S/C11H12FNO2.ClH/c1-15-11(14)8-4-6-2-3-10(13)7(6)5-9(8)12;/h4-5,10H,2-3,13H2,1H3;1H/t10-;/m1./s1. The summed E-state index contributed by atoms with van der Waals surface area (Å²) >= 11 is 0. The SMILES string of the molecule is COC(=O)c1cc2c(cc1F)[C@H](N)CC2.Cl. The van der Waals surface area contributed by atoms with Gasteiger partial charge in [0.1, 0.15) is 5.82 Å². The Hall–Kier alpha value is -1.13. The first-order valence-electron chi connectivity index (χ1n) is 4.79. The maximum Gasteiger partial charge on any atom is 0.340 e. The molecular weight excluding hydrogens is 233 g/mol. The number of esters is 1. The van der Waals surface area contributed by atoms with Gasteiger partial charge < -0.3 is 10.5 Å². The second-order valence-electron chi connectivity index (χ2n) is 3.67. The molecule has 0 aliphatic heterocycles. The number of rotatable bonds is 1. The van der Waals surface area contributed by atoms with E-state index in [1.165, 1.54) is 13.2 Å². The zero-order valence-electron chi connectivity index (χ0n) is 8.83. The predicted molar refractivity (Wildman–Crippen MR) is 60.2 cm³/mol. The Labute approximate surface area is 99.2 Å². The van der Waals surface area contributed by atoms with Gasteiger partial charge in [-0.1, -0.05) is 0 Å². The Morgan fingerprint density at radius 1 is 1.56 bits per heavy atom. The first-order chi connectivity index (χ1) is 7.13. The Kier molecular flexibility index (Phi) is 3.88. The molecule has 1 aliphatic rings. The molecule has 0 fully saturated rings. The number of hydrogen-bond donors (Lipinski definition) is 1. The van der Waals surface area contributed by atoms with Gasteiger partial charge in [-0.25, -0.2) is 9.18 Å². The van der Waals surface area contributed by atoms with Crippen LogP contribution in [-0.2, 0) is 11.2 Å². The largest absolute Gasteiger partial charge is 0.465 e. The quantitative estimate of drug-likeness (QED) is 0.770. The zero-order valence-corrected chi connectivity index (χ0v) is 9.64. The normalized spacial score (nSPS) is 17.6. The Morgan fingerprint density at radius 3 is 2.88 bits per heavy atom. The summed E-state index contributed by atoms with van der Waals surface area (Å²) < 4.78 is 18.0. The fraction of sp³-hybridized carbons (Fsp3) is 0.364. The third kappa shape index (κ3) is 2.03. The lowest BCUT2D eigenvalue weighted by Gasteiger charge is -2.07. The molecule has 0 amide bonds. The number of benzene rings is 1. The fourth-order valence-corrected chi connectivity index (χ4v) is 1.93. The van der Waals surface area contributed by atoms with Gasteiger partial charge in [0.25, 0.3) is 0 Å². The van der Waals surface area contributed by atoms with Gasteiger partial charge in [0, 0.05) is 6.04 Å². The predicted octanol–water partition coefficient (Wildman–Crippen LogP) is 1.98. The number of fused-ring (bicyclic) bond motifs is 1. The van der Waals surface area contributed by atoms with Crippen molar-refractivity contribution in [2.75, 3.05) is 7.11 Å². The van der Waals surface area contributed by atoms with Crippen LogP contribution in [-0.4, -0.2) is 13.1 Å². The van der Waals surface area contributed by atoms with Gasteiger partial charge in [0.05, 0.1) is 12.7 Å². The maximum atomic E-state index is 13.5. The van der Waals surface area contributed by atoms with Crippen LogP contribution in [0, 0.1) is 5.82 Å². The van der Waals surface area contributed by atoms with Crippen molar-refractivity contribution < 1.29 is 13.9 Å². The van der Waals surface area contributed by atoms with Crippen LogP contribution in [0.5, 0.6) is 0 Å². The molecule has 0 saturated carbocycles. The average molecular weight is 246 g/mol. The van der Waals surface area contributed by atoms with Crippen LogP contribution < -0.4 is 5.73 Å². The highest BCUT2D eigenvalue weighted by atomic mass is 35.5. The minimum absolute atomic E-state index is 0. The number of halogens is 2. The van der Waals surface area contributed by atoms with E-state index in [4.69, 9.17) is 5.73 Å². The molecule has 88 valence electrons. The van der Waals surface area contributed by atoms with Crippen molar-refractivity contribution in [1.29, 1.82) is 0 Å². The summed E-state index contributed by atoms with van der Waals surface area (Å²) in [5.74, 6) is -1.20. The number of ether oxygens (including phenoxy) is 1. The molecule has 2 N–H and O–H groups in total. The molecule has 0 aromatic heterocycles. The van der Waals surface area contributed by atoms with Crippen LogP contribution in [0.1, 0.15) is 33.9 Å². The molecule has 0 heterocycles. The van der Waals surface area contributed by atoms with E-state index in [2.05, 4.69) is 4.74 Å². The number of carbonyl (C=O) groups is 1. The van der Waals surface area contributed by atoms with Crippen LogP contribution in [0.3, 0.4) is 0 Å². The van der Waals surface area contributed by atoms with E-state index in [0.717, 1.165) is 24.0 Å². The van der Waals surface area contributed by atoms with Gasteiger partial charge in [-0.3, -0.25) is 0 Å². The van der Waals surface area contributed by atoms with E-state index in [-0.39, 0.29) is 24.0 Å². The summed E-state index contributed by atoms with van der Waals surface area (Å²) in [7, 11) is 1.24. The van der Waals surface area contributed by atoms with E-state index in [0.29, 0.717) is 0 Å². The summed E-state index contributed by atoms with van der Waals surface area (Å²) in [6.45, 7) is 0. The van der Waals surface area contributed by atoms with Crippen molar-refractivity contribution in [3.63, 3.8) is 0 Å². The molecular formula is C11H13ClFNO2. The van der Waals surface area contributed by atoms with Crippen LogP contribution in [0.15, 0.2) is 12.1 Å². The van der Waals surface area contributed by atoms with Gasteiger partial charge in [0.2, 0.25) is 0 Å². The van der Waals surface area contributed by atoms with Crippen molar-refractivity contribution in [1.82, 2.24) is 0 Å². The van der Waals surface area contributed by atoms with Crippen LogP contribution in [0.4, 0.5) is 4.39 Å². The summed E-state index contributed by atoms with van der Waals surface area (Å²) in [5, 5.41) is 0. The molecule has 1 atom stereocenters. The molecule has 0 unspecified atom stereocenters. The molecule has 0 radical (unpaired) electrons. The molecule has 0 saturated heterocycles. The van der Waals surface area contributed by atoms with E-state index < -0.39 is 11.8 Å². The van der Waals surface area contributed by atoms with Crippen LogP contribution in [0.25, 0.3) is 0 Å². The number of aryl methyl sites for hydroxylation is 1. The third-order valence-electron chi connectivity index (χ3n) is 2.76. The highest BCUT2D eigenvalue weighted by Crippen LogP contribution is 2.31. The number of methoxy groups -OCH3 is 1. The van der Waals surface area contributed by atoms with Gasteiger partial charge in [0.15, 0.2) is 0 Å². The molecule has 0 bridgehead atoms. The molecule has 3 nitrogen and oxygen atoms in total. The summed E-state index contributed by atoms with van der Waals surface area (Å²) in [6, 6.07) is 2.78. The van der Waals surface area contributed by atoms with Crippen LogP contribution in [0.2, 0.25) is 0 Å². The lowest BCUT2D eigenvalue weighted by Crippen LogP contribution is -2.09. The Morgan fingerprint density at radius 2 is 2.25 bits per heavy atom. The van der Waals surface area contributed by atoms with Gasteiger partial charge >= 0.3 is 5.97 Å². The lowest BCUT2D eigenvalue weighted by atomic mass is 10.0.